The smallest absolute Gasteiger partial charge is 0.234 e. The Hall–Kier alpha value is -1.35. The third-order valence-corrected chi connectivity index (χ3v) is 3.93. The fraction of sp³-hybridized carbons (Fsp3) is 0.562. The molecule has 2 rings (SSSR count). The van der Waals surface area contributed by atoms with Gasteiger partial charge in [0.05, 0.1) is 6.54 Å². The zero-order valence-electron chi connectivity index (χ0n) is 11.9. The molecule has 0 radical (unpaired) electrons. The van der Waals surface area contributed by atoms with Crippen molar-refractivity contribution in [3.05, 3.63) is 35.9 Å². The van der Waals surface area contributed by atoms with Crippen LogP contribution in [0.5, 0.6) is 0 Å². The molecule has 3 nitrogen and oxygen atoms in total. The molecule has 0 bridgehead atoms. The number of benzene rings is 1. The minimum Gasteiger partial charge on any atom is -0.353 e. The summed E-state index contributed by atoms with van der Waals surface area (Å²) in [6, 6.07) is 10.9. The normalized spacial score (nSPS) is 21.3. The molecule has 1 amide bonds. The van der Waals surface area contributed by atoms with E-state index >= 15 is 0 Å². The van der Waals surface area contributed by atoms with Crippen LogP contribution in [0.2, 0.25) is 0 Å². The van der Waals surface area contributed by atoms with Gasteiger partial charge in [0.2, 0.25) is 5.91 Å². The molecule has 104 valence electrons. The highest BCUT2D eigenvalue weighted by molar-refractivity contribution is 5.78. The maximum atomic E-state index is 11.9. The minimum absolute atomic E-state index is 0.156. The first-order chi connectivity index (χ1) is 9.19. The number of nitrogens with zero attached hydrogens (tertiary/aromatic N) is 1. The summed E-state index contributed by atoms with van der Waals surface area (Å²) in [4.78, 5) is 14.1. The summed E-state index contributed by atoms with van der Waals surface area (Å²) >= 11 is 0. The van der Waals surface area contributed by atoms with E-state index in [1.165, 1.54) is 5.56 Å². The molecule has 1 aliphatic heterocycles. The van der Waals surface area contributed by atoms with Gasteiger partial charge in [0.25, 0.3) is 0 Å². The van der Waals surface area contributed by atoms with Crippen molar-refractivity contribution in [2.45, 2.75) is 38.6 Å². The largest absolute Gasteiger partial charge is 0.353 e. The molecule has 0 aliphatic carbocycles. The molecule has 1 aromatic rings. The first kappa shape index (κ1) is 14.1. The third kappa shape index (κ3) is 4.06. The molecule has 0 saturated carbocycles. The van der Waals surface area contributed by atoms with Gasteiger partial charge >= 0.3 is 0 Å². The molecule has 0 unspecified atom stereocenters. The summed E-state index contributed by atoms with van der Waals surface area (Å²) in [6.07, 6.45) is 2.14. The van der Waals surface area contributed by atoms with Gasteiger partial charge in [-0.15, -0.1) is 0 Å². The molecule has 1 N–H and O–H groups in total. The summed E-state index contributed by atoms with van der Waals surface area (Å²) in [7, 11) is 0. The summed E-state index contributed by atoms with van der Waals surface area (Å²) in [5, 5.41) is 3.03. The average molecular weight is 260 g/mol. The minimum atomic E-state index is 0.156. The maximum absolute atomic E-state index is 11.9. The Morgan fingerprint density at radius 1 is 1.42 bits per heavy atom. The van der Waals surface area contributed by atoms with Crippen LogP contribution in [0.15, 0.2) is 30.3 Å². The molecule has 19 heavy (non-hydrogen) atoms. The van der Waals surface area contributed by atoms with Crippen LogP contribution in [0.4, 0.5) is 0 Å². The summed E-state index contributed by atoms with van der Waals surface area (Å²) in [6.45, 7) is 6.69. The van der Waals surface area contributed by atoms with E-state index in [0.717, 1.165) is 25.9 Å². The van der Waals surface area contributed by atoms with Crippen molar-refractivity contribution in [2.24, 2.45) is 0 Å². The van der Waals surface area contributed by atoms with Gasteiger partial charge in [-0.05, 0) is 37.8 Å². The Kier molecular flexibility index (Phi) is 4.97. The number of carbonyl (C=O) groups excluding carboxylic acids is 1. The van der Waals surface area contributed by atoms with Gasteiger partial charge in [0.1, 0.15) is 0 Å². The van der Waals surface area contributed by atoms with E-state index in [1.807, 2.05) is 0 Å². The van der Waals surface area contributed by atoms with Gasteiger partial charge in [-0.2, -0.15) is 0 Å². The predicted molar refractivity (Wildman–Crippen MR) is 78.1 cm³/mol. The Bertz CT molecular complexity index is 404. The zero-order valence-corrected chi connectivity index (χ0v) is 11.9. The number of nitrogens with one attached hydrogen (secondary N) is 1. The summed E-state index contributed by atoms with van der Waals surface area (Å²) in [5.41, 5.74) is 1.40. The Balaban J connectivity index is 1.81. The second kappa shape index (κ2) is 6.71. The molecule has 1 saturated heterocycles. The van der Waals surface area contributed by atoms with E-state index in [-0.39, 0.29) is 11.9 Å². The highest BCUT2D eigenvalue weighted by atomic mass is 16.2. The molecule has 0 aromatic heterocycles. The van der Waals surface area contributed by atoms with Crippen molar-refractivity contribution >= 4 is 5.91 Å². The lowest BCUT2D eigenvalue weighted by molar-refractivity contribution is -0.122. The molecule has 1 aromatic carbocycles. The van der Waals surface area contributed by atoms with E-state index < -0.39 is 0 Å². The van der Waals surface area contributed by atoms with E-state index in [0.29, 0.717) is 12.5 Å². The SMILES string of the molecule is CC[C@@H](C)NC(=O)CN1CC[C@@H](c2ccccc2)C1. The zero-order chi connectivity index (χ0) is 13.7. The number of amides is 1. The van der Waals surface area contributed by atoms with Crippen LogP contribution in [-0.2, 0) is 4.79 Å². The van der Waals surface area contributed by atoms with Crippen LogP contribution in [0, 0.1) is 0 Å². The molecular formula is C16H24N2O. The molecule has 1 aliphatic rings. The molecule has 3 heteroatoms. The van der Waals surface area contributed by atoms with Crippen LogP contribution in [-0.4, -0.2) is 36.5 Å². The maximum Gasteiger partial charge on any atom is 0.234 e. The lowest BCUT2D eigenvalue weighted by Crippen LogP contribution is -2.40. The highest BCUT2D eigenvalue weighted by Gasteiger charge is 2.25. The first-order valence-electron chi connectivity index (χ1n) is 7.25. The summed E-state index contributed by atoms with van der Waals surface area (Å²) in [5.74, 6) is 0.737. The van der Waals surface area contributed by atoms with Crippen LogP contribution in [0.3, 0.4) is 0 Å². The standard InChI is InChI=1S/C16H24N2O/c1-3-13(2)17-16(19)12-18-10-9-15(11-18)14-7-5-4-6-8-14/h4-8,13,15H,3,9-12H2,1-2H3,(H,17,19)/t13-,15-/m1/s1. The fourth-order valence-corrected chi connectivity index (χ4v) is 2.60. The van der Waals surface area contributed by atoms with E-state index in [1.54, 1.807) is 0 Å². The van der Waals surface area contributed by atoms with Crippen molar-refractivity contribution in [3.63, 3.8) is 0 Å². The van der Waals surface area contributed by atoms with Gasteiger partial charge in [0.15, 0.2) is 0 Å². The van der Waals surface area contributed by atoms with Crippen LogP contribution in [0.25, 0.3) is 0 Å². The molecular weight excluding hydrogens is 236 g/mol. The number of likely N-dealkylation sites (tertiary alicyclic amines) is 1. The number of carbonyl (C=O) groups is 1. The van der Waals surface area contributed by atoms with Crippen LogP contribution < -0.4 is 5.32 Å². The van der Waals surface area contributed by atoms with Gasteiger partial charge in [-0.25, -0.2) is 0 Å². The molecule has 1 fully saturated rings. The lowest BCUT2D eigenvalue weighted by atomic mass is 9.99. The fourth-order valence-electron chi connectivity index (χ4n) is 2.60. The second-order valence-electron chi connectivity index (χ2n) is 5.51. The summed E-state index contributed by atoms with van der Waals surface area (Å²) < 4.78 is 0. The quantitative estimate of drug-likeness (QED) is 0.881. The first-order valence-corrected chi connectivity index (χ1v) is 7.25. The van der Waals surface area contributed by atoms with Gasteiger partial charge in [-0.1, -0.05) is 37.3 Å². The van der Waals surface area contributed by atoms with Crippen molar-refractivity contribution in [3.8, 4) is 0 Å². The van der Waals surface area contributed by atoms with Gasteiger partial charge in [-0.3, -0.25) is 9.69 Å². The van der Waals surface area contributed by atoms with E-state index in [4.69, 9.17) is 0 Å². The van der Waals surface area contributed by atoms with Crippen LogP contribution in [0.1, 0.15) is 38.2 Å². The van der Waals surface area contributed by atoms with Crippen molar-refractivity contribution in [1.82, 2.24) is 10.2 Å². The topological polar surface area (TPSA) is 32.3 Å². The van der Waals surface area contributed by atoms with Gasteiger partial charge in [0, 0.05) is 12.6 Å². The highest BCUT2D eigenvalue weighted by Crippen LogP contribution is 2.26. The van der Waals surface area contributed by atoms with Crippen molar-refractivity contribution < 1.29 is 4.79 Å². The van der Waals surface area contributed by atoms with Crippen molar-refractivity contribution in [2.75, 3.05) is 19.6 Å². The average Bonchev–Trinajstić information content (AvgIpc) is 2.88. The van der Waals surface area contributed by atoms with Crippen molar-refractivity contribution in [1.29, 1.82) is 0 Å². The number of hydrogen-bond donors (Lipinski definition) is 1. The molecule has 0 spiro atoms. The van der Waals surface area contributed by atoms with E-state index in [9.17, 15) is 4.79 Å². The number of rotatable bonds is 5. The monoisotopic (exact) mass is 260 g/mol. The van der Waals surface area contributed by atoms with Gasteiger partial charge < -0.3 is 5.32 Å². The number of hydrogen-bond acceptors (Lipinski definition) is 2. The second-order valence-corrected chi connectivity index (χ2v) is 5.51. The third-order valence-electron chi connectivity index (χ3n) is 3.93. The molecule has 2 atom stereocenters. The Morgan fingerprint density at radius 2 is 2.16 bits per heavy atom. The Labute approximate surface area is 116 Å². The Morgan fingerprint density at radius 3 is 2.84 bits per heavy atom. The lowest BCUT2D eigenvalue weighted by Gasteiger charge is -2.18. The van der Waals surface area contributed by atoms with E-state index in [2.05, 4.69) is 54.4 Å². The molecule has 1 heterocycles. The predicted octanol–water partition coefficient (Wildman–Crippen LogP) is 2.39. The van der Waals surface area contributed by atoms with Crippen LogP contribution >= 0.6 is 0 Å².